The quantitative estimate of drug-likeness (QED) is 0.0396. The predicted octanol–water partition coefficient (Wildman–Crippen LogP) is 7.10. The zero-order valence-electron chi connectivity index (χ0n) is 38.1. The molecule has 15 nitrogen and oxygen atoms in total. The largest absolute Gasteiger partial charge is 0.457 e. The van der Waals surface area contributed by atoms with Crippen molar-refractivity contribution < 1.29 is 23.9 Å². The average Bonchev–Trinajstić information content (AvgIpc) is 3.91. The molecule has 0 spiro atoms. The number of unbranched alkanes of at least 4 members (excludes halogenated alkanes) is 5. The molecule has 2 aromatic heterocycles. The number of aromatic nitrogens is 4. The average molecular weight is 925 g/mol. The molecule has 3 fully saturated rings. The number of likely N-dealkylation sites (tertiary alicyclic amines) is 1. The molecule has 16 heteroatoms. The number of nitrogens with two attached hydrogens (primary N) is 1. The molecule has 3 saturated heterocycles. The van der Waals surface area contributed by atoms with Crippen molar-refractivity contribution in [3.05, 3.63) is 102 Å². The van der Waals surface area contributed by atoms with Crippen molar-refractivity contribution in [2.45, 2.75) is 87.7 Å². The zero-order chi connectivity index (χ0) is 46.1. The number of imide groups is 1. The van der Waals surface area contributed by atoms with E-state index in [0.717, 1.165) is 91.8 Å². The highest BCUT2D eigenvalue weighted by molar-refractivity contribution is 7.99. The van der Waals surface area contributed by atoms with Gasteiger partial charge in [0.1, 0.15) is 35.4 Å². The van der Waals surface area contributed by atoms with Crippen LogP contribution in [0.2, 0.25) is 0 Å². The summed E-state index contributed by atoms with van der Waals surface area (Å²) < 4.78 is 7.94. The Labute approximate surface area is 396 Å². The number of rotatable bonds is 18. The molecular weight excluding hydrogens is 865 g/mol. The molecule has 3 N–H and O–H groups in total. The normalized spacial score (nSPS) is 19.4. The molecule has 350 valence electrons. The Morgan fingerprint density at radius 3 is 2.40 bits per heavy atom. The number of benzene rings is 3. The minimum Gasteiger partial charge on any atom is -0.457 e. The van der Waals surface area contributed by atoms with Gasteiger partial charge in [-0.25, -0.2) is 14.6 Å². The van der Waals surface area contributed by atoms with Crippen molar-refractivity contribution in [3.63, 3.8) is 0 Å². The maximum atomic E-state index is 13.5. The summed E-state index contributed by atoms with van der Waals surface area (Å²) in [7, 11) is 0. The Hall–Kier alpha value is -6.10. The molecule has 1 unspecified atom stereocenters. The van der Waals surface area contributed by atoms with E-state index in [1.54, 1.807) is 22.7 Å². The number of nitrogen functional groups attached to an aromatic ring is 1. The van der Waals surface area contributed by atoms with Gasteiger partial charge in [0.25, 0.3) is 5.91 Å². The van der Waals surface area contributed by atoms with E-state index >= 15 is 0 Å². The van der Waals surface area contributed by atoms with Crippen LogP contribution in [-0.2, 0) is 20.9 Å². The Morgan fingerprint density at radius 2 is 1.60 bits per heavy atom. The third-order valence-corrected chi connectivity index (χ3v) is 14.6. The van der Waals surface area contributed by atoms with Crippen LogP contribution < -0.4 is 15.8 Å². The van der Waals surface area contributed by atoms with Crippen LogP contribution in [0.1, 0.15) is 86.2 Å². The van der Waals surface area contributed by atoms with Crippen molar-refractivity contribution in [3.8, 4) is 22.8 Å². The fraction of sp³-hybridized carbons (Fsp3) is 0.431. The maximum Gasteiger partial charge on any atom is 0.255 e. The van der Waals surface area contributed by atoms with Crippen LogP contribution in [0.15, 0.2) is 96.2 Å². The maximum absolute atomic E-state index is 13.5. The number of hydrogen-bond donors (Lipinski definition) is 2. The Morgan fingerprint density at radius 1 is 0.836 bits per heavy atom. The molecule has 0 saturated carbocycles. The van der Waals surface area contributed by atoms with Gasteiger partial charge < -0.3 is 25.2 Å². The summed E-state index contributed by atoms with van der Waals surface area (Å²) in [6, 6.07) is 22.7. The van der Waals surface area contributed by atoms with Gasteiger partial charge in [-0.3, -0.25) is 29.4 Å². The minimum atomic E-state index is -0.586. The molecule has 6 heterocycles. The molecule has 0 bridgehead atoms. The fourth-order valence-electron chi connectivity index (χ4n) is 9.73. The monoisotopic (exact) mass is 924 g/mol. The second-order valence-corrected chi connectivity index (χ2v) is 19.1. The van der Waals surface area contributed by atoms with E-state index < -0.39 is 6.04 Å². The summed E-state index contributed by atoms with van der Waals surface area (Å²) in [5, 5.41) is 8.15. The van der Waals surface area contributed by atoms with Crippen LogP contribution in [0.4, 0.5) is 5.82 Å². The van der Waals surface area contributed by atoms with Gasteiger partial charge in [0.05, 0.1) is 11.4 Å². The SMILES string of the molecule is Nc1ncnc2c1c(-c1ccc(Oc3ccccc3)cc1)nn2[C@@H]1CCCN(C(=O)/C=C/CN2CCN(CCCCCCCCSc3cccc4c3CN(C3CCC(=O)NC3=O)C4=O)CC2)C1. The number of amides is 4. The number of carbonyl (C=O) groups is 4. The number of ether oxygens (including phenoxy) is 1. The van der Waals surface area contributed by atoms with E-state index in [0.29, 0.717) is 54.2 Å². The lowest BCUT2D eigenvalue weighted by Crippen LogP contribution is -2.52. The molecule has 67 heavy (non-hydrogen) atoms. The van der Waals surface area contributed by atoms with Crippen LogP contribution in [0.3, 0.4) is 0 Å². The second kappa shape index (κ2) is 21.7. The first-order chi connectivity index (χ1) is 32.8. The smallest absolute Gasteiger partial charge is 0.255 e. The zero-order valence-corrected chi connectivity index (χ0v) is 38.9. The Bertz CT molecular complexity index is 2580. The number of carbonyl (C=O) groups excluding carboxylic acids is 4. The van der Waals surface area contributed by atoms with E-state index in [-0.39, 0.29) is 36.1 Å². The molecule has 2 atom stereocenters. The number of fused-ring (bicyclic) bond motifs is 2. The molecule has 0 radical (unpaired) electrons. The summed E-state index contributed by atoms with van der Waals surface area (Å²) in [6.45, 7) is 7.65. The number of para-hydroxylation sites is 1. The van der Waals surface area contributed by atoms with Crippen molar-refractivity contribution in [1.82, 2.24) is 44.7 Å². The summed E-state index contributed by atoms with van der Waals surface area (Å²) in [5.41, 5.74) is 10.4. The van der Waals surface area contributed by atoms with Gasteiger partial charge >= 0.3 is 0 Å². The number of thioether (sulfide) groups is 1. The Balaban J connectivity index is 0.658. The van der Waals surface area contributed by atoms with Crippen LogP contribution >= 0.6 is 11.8 Å². The lowest BCUT2D eigenvalue weighted by Gasteiger charge is -2.34. The summed E-state index contributed by atoms with van der Waals surface area (Å²) in [6.07, 6.45) is 14.8. The van der Waals surface area contributed by atoms with Crippen molar-refractivity contribution in [1.29, 1.82) is 0 Å². The summed E-state index contributed by atoms with van der Waals surface area (Å²) >= 11 is 1.80. The van der Waals surface area contributed by atoms with Crippen molar-refractivity contribution >= 4 is 52.2 Å². The number of piperidine rings is 2. The third kappa shape index (κ3) is 11.0. The highest BCUT2D eigenvalue weighted by Crippen LogP contribution is 2.37. The molecule has 4 aliphatic rings. The van der Waals surface area contributed by atoms with E-state index in [1.165, 1.54) is 38.4 Å². The van der Waals surface area contributed by atoms with Crippen LogP contribution in [0, 0.1) is 0 Å². The van der Waals surface area contributed by atoms with Gasteiger partial charge in [-0.15, -0.1) is 11.8 Å². The van der Waals surface area contributed by atoms with E-state index in [9.17, 15) is 19.2 Å². The number of nitrogens with zero attached hydrogens (tertiary/aromatic N) is 8. The van der Waals surface area contributed by atoms with Gasteiger partial charge in [0.15, 0.2) is 5.65 Å². The van der Waals surface area contributed by atoms with E-state index in [4.69, 9.17) is 15.6 Å². The third-order valence-electron chi connectivity index (χ3n) is 13.4. The minimum absolute atomic E-state index is 0.0269. The van der Waals surface area contributed by atoms with Crippen LogP contribution in [-0.4, -0.2) is 127 Å². The number of anilines is 1. The van der Waals surface area contributed by atoms with Crippen molar-refractivity contribution in [2.24, 2.45) is 0 Å². The molecule has 9 rings (SSSR count). The lowest BCUT2D eigenvalue weighted by atomic mass is 10.0. The fourth-order valence-corrected chi connectivity index (χ4v) is 10.8. The van der Waals surface area contributed by atoms with E-state index in [2.05, 4.69) is 31.2 Å². The highest BCUT2D eigenvalue weighted by atomic mass is 32.2. The van der Waals surface area contributed by atoms with Crippen LogP contribution in [0.5, 0.6) is 11.5 Å². The molecule has 3 aromatic carbocycles. The summed E-state index contributed by atoms with van der Waals surface area (Å²) in [4.78, 5) is 69.3. The van der Waals surface area contributed by atoms with Gasteiger partial charge in [0.2, 0.25) is 17.7 Å². The van der Waals surface area contributed by atoms with Crippen LogP contribution in [0.25, 0.3) is 22.3 Å². The van der Waals surface area contributed by atoms with Gasteiger partial charge in [0, 0.05) is 80.9 Å². The number of nitrogens with one attached hydrogen (secondary N) is 1. The summed E-state index contributed by atoms with van der Waals surface area (Å²) in [5.74, 6) is 2.12. The van der Waals surface area contributed by atoms with Crippen molar-refractivity contribution in [2.75, 3.05) is 63.8 Å². The lowest BCUT2D eigenvalue weighted by molar-refractivity contribution is -0.137. The standard InChI is InChI=1S/C51H60N10O5S/c52-48-46-47(36-19-21-39(22-20-36)66-38-14-6-5-7-15-38)56-61(49(46)54-35-53-48)37-13-11-27-59(33-37)45(63)18-12-26-58-30-28-57(29-31-58)25-8-3-1-2-4-9-32-67-43-17-10-16-40-41(43)34-60(51(40)65)42-23-24-44(62)55-50(42)64/h5-7,10,12,14-22,35,37,42H,1-4,8-9,11,13,23-34H2,(H2,52,53,54)(H,55,62,64)/b18-12+/t37-,42?/m1/s1. The topological polar surface area (TPSA) is 172 Å². The molecule has 5 aromatic rings. The molecule has 0 aliphatic carbocycles. The first-order valence-electron chi connectivity index (χ1n) is 23.9. The predicted molar refractivity (Wildman–Crippen MR) is 259 cm³/mol. The first-order valence-corrected chi connectivity index (χ1v) is 24.9. The first kappa shape index (κ1) is 46.0. The molecular formula is C51H60N10O5S. The van der Waals surface area contributed by atoms with Gasteiger partial charge in [-0.2, -0.15) is 5.10 Å². The molecule has 4 aliphatic heterocycles. The molecule has 4 amide bonds. The number of piperazine rings is 1. The highest BCUT2D eigenvalue weighted by Gasteiger charge is 2.40. The van der Waals surface area contributed by atoms with Gasteiger partial charge in [-0.1, -0.05) is 56.0 Å². The van der Waals surface area contributed by atoms with Gasteiger partial charge in [-0.05, 0) is 98.5 Å². The van der Waals surface area contributed by atoms with E-state index in [1.807, 2.05) is 82.4 Å². The second-order valence-electron chi connectivity index (χ2n) is 18.0. The Kier molecular flexibility index (Phi) is 14.9. The number of hydrogen-bond acceptors (Lipinski definition) is 12.